The number of pyridine rings is 1. The number of aryl methyl sites for hydroxylation is 1. The van der Waals surface area contributed by atoms with Gasteiger partial charge in [0.2, 0.25) is 0 Å². The van der Waals surface area contributed by atoms with E-state index in [0.29, 0.717) is 16.8 Å². The van der Waals surface area contributed by atoms with E-state index in [0.717, 1.165) is 0 Å². The van der Waals surface area contributed by atoms with Crippen LogP contribution in [0.25, 0.3) is 0 Å². The molecule has 3 N–H and O–H groups in total. The predicted octanol–water partition coefficient (Wildman–Crippen LogP) is 4.16. The van der Waals surface area contributed by atoms with Gasteiger partial charge < -0.3 is 24.8 Å². The molecular weight excluding hydrogens is 457 g/mol. The van der Waals surface area contributed by atoms with Gasteiger partial charge in [0.1, 0.15) is 29.2 Å². The van der Waals surface area contributed by atoms with Gasteiger partial charge in [0, 0.05) is 34.4 Å². The van der Waals surface area contributed by atoms with Crippen LogP contribution in [-0.2, 0) is 20.9 Å². The first kappa shape index (κ1) is 24.2. The first-order valence-corrected chi connectivity index (χ1v) is 10.8. The van der Waals surface area contributed by atoms with Crippen LogP contribution < -0.4 is 0 Å². The Morgan fingerprint density at radius 3 is 2.60 bits per heavy atom. The molecule has 4 rings (SSSR count). The van der Waals surface area contributed by atoms with E-state index in [1.807, 2.05) is 0 Å². The molecule has 8 nitrogen and oxygen atoms in total. The van der Waals surface area contributed by atoms with Crippen LogP contribution >= 0.6 is 0 Å². The van der Waals surface area contributed by atoms with Crippen molar-refractivity contribution in [2.45, 2.75) is 38.9 Å². The summed E-state index contributed by atoms with van der Waals surface area (Å²) in [6.07, 6.45) is 0.232. The fourth-order valence-corrected chi connectivity index (χ4v) is 4.42. The van der Waals surface area contributed by atoms with Crippen LogP contribution in [0.2, 0.25) is 0 Å². The Morgan fingerprint density at radius 2 is 1.94 bits per heavy atom. The molecule has 35 heavy (non-hydrogen) atoms. The molecule has 0 fully saturated rings. The number of phenolic OH excluding ortho intramolecular Hbond substituents is 2. The van der Waals surface area contributed by atoms with Crippen molar-refractivity contribution in [3.63, 3.8) is 0 Å². The van der Waals surface area contributed by atoms with E-state index in [1.165, 1.54) is 44.4 Å². The SMILES string of the molecule is COC(=O)C[C@H](c1cccc(F)c1)c1c(O)c(C(C)=O)cc([C@@H]2OCc3cnc(C)c(O)c32)c1O. The minimum atomic E-state index is -1.05. The number of esters is 1. The molecule has 0 spiro atoms. The number of phenols is 2. The number of aromatic nitrogens is 1. The van der Waals surface area contributed by atoms with Crippen molar-refractivity contribution < 1.29 is 38.8 Å². The number of Topliss-reactive ketones (excluding diaryl/α,β-unsaturated/α-hetero) is 1. The van der Waals surface area contributed by atoms with Crippen molar-refractivity contribution in [3.8, 4) is 17.2 Å². The number of rotatable bonds is 6. The number of hydrogen-bond donors (Lipinski definition) is 3. The monoisotopic (exact) mass is 481 g/mol. The average Bonchev–Trinajstić information content (AvgIpc) is 3.25. The lowest BCUT2D eigenvalue weighted by atomic mass is 9.83. The van der Waals surface area contributed by atoms with E-state index >= 15 is 0 Å². The van der Waals surface area contributed by atoms with Gasteiger partial charge in [-0.15, -0.1) is 0 Å². The first-order chi connectivity index (χ1) is 16.6. The second kappa shape index (κ2) is 9.34. The largest absolute Gasteiger partial charge is 0.507 e. The first-order valence-electron chi connectivity index (χ1n) is 10.8. The highest BCUT2D eigenvalue weighted by Gasteiger charge is 2.36. The summed E-state index contributed by atoms with van der Waals surface area (Å²) in [4.78, 5) is 28.9. The zero-order valence-corrected chi connectivity index (χ0v) is 19.3. The topological polar surface area (TPSA) is 126 Å². The van der Waals surface area contributed by atoms with E-state index in [1.54, 1.807) is 13.1 Å². The molecule has 2 atom stereocenters. The molecule has 0 unspecified atom stereocenters. The minimum absolute atomic E-state index is 0.0986. The highest BCUT2D eigenvalue weighted by molar-refractivity contribution is 5.98. The highest BCUT2D eigenvalue weighted by Crippen LogP contribution is 2.50. The van der Waals surface area contributed by atoms with Crippen molar-refractivity contribution in [2.24, 2.45) is 0 Å². The number of benzene rings is 2. The van der Waals surface area contributed by atoms with Crippen LogP contribution in [0.15, 0.2) is 36.5 Å². The Labute approximate surface area is 200 Å². The second-order valence-corrected chi connectivity index (χ2v) is 8.39. The smallest absolute Gasteiger partial charge is 0.306 e. The van der Waals surface area contributed by atoms with Gasteiger partial charge in [-0.1, -0.05) is 12.1 Å². The van der Waals surface area contributed by atoms with E-state index in [9.17, 15) is 29.3 Å². The van der Waals surface area contributed by atoms with Gasteiger partial charge in [-0.2, -0.15) is 0 Å². The number of fused-ring (bicyclic) bond motifs is 1. The predicted molar refractivity (Wildman–Crippen MR) is 122 cm³/mol. The van der Waals surface area contributed by atoms with Gasteiger partial charge >= 0.3 is 5.97 Å². The van der Waals surface area contributed by atoms with Crippen LogP contribution in [0.4, 0.5) is 4.39 Å². The molecule has 0 bridgehead atoms. The number of carbonyl (C=O) groups is 2. The molecule has 0 aliphatic carbocycles. The molecule has 1 aliphatic rings. The van der Waals surface area contributed by atoms with Crippen LogP contribution in [0, 0.1) is 12.7 Å². The van der Waals surface area contributed by atoms with Gasteiger partial charge in [-0.3, -0.25) is 14.6 Å². The lowest BCUT2D eigenvalue weighted by molar-refractivity contribution is -0.140. The summed E-state index contributed by atoms with van der Waals surface area (Å²) in [7, 11) is 1.19. The van der Waals surface area contributed by atoms with Crippen LogP contribution in [0.1, 0.15) is 69.2 Å². The Hall–Kier alpha value is -3.98. The van der Waals surface area contributed by atoms with Crippen molar-refractivity contribution in [3.05, 3.63) is 81.4 Å². The standard InChI is InChI=1S/C26H24FNO7/c1-12-23(31)21-15(10-28-12)11-35-26(21)19-8-17(13(2)29)24(32)22(25(19)33)18(9-20(30)34-3)14-5-4-6-16(27)7-14/h4-8,10,18,26,31-33H,9,11H2,1-3H3/t18-,26+/m1/s1. The van der Waals surface area contributed by atoms with E-state index in [2.05, 4.69) is 4.98 Å². The number of hydrogen-bond acceptors (Lipinski definition) is 8. The van der Waals surface area contributed by atoms with Gasteiger partial charge in [0.25, 0.3) is 0 Å². The molecule has 9 heteroatoms. The summed E-state index contributed by atoms with van der Waals surface area (Å²) in [5, 5.41) is 33.1. The molecule has 1 aliphatic heterocycles. The van der Waals surface area contributed by atoms with Gasteiger partial charge in [-0.05, 0) is 37.6 Å². The number of aromatic hydroxyl groups is 3. The molecule has 182 valence electrons. The molecule has 0 radical (unpaired) electrons. The maximum atomic E-state index is 14.1. The fourth-order valence-electron chi connectivity index (χ4n) is 4.42. The lowest BCUT2D eigenvalue weighted by Gasteiger charge is -2.24. The summed E-state index contributed by atoms with van der Waals surface area (Å²) in [6, 6.07) is 6.67. The number of ether oxygens (including phenoxy) is 2. The molecular formula is C26H24FNO7. The van der Waals surface area contributed by atoms with Crippen LogP contribution in [0.3, 0.4) is 0 Å². The lowest BCUT2D eigenvalue weighted by Crippen LogP contribution is -2.13. The van der Waals surface area contributed by atoms with Crippen LogP contribution in [-0.4, -0.2) is 39.2 Å². The number of ketones is 1. The number of nitrogens with zero attached hydrogens (tertiary/aromatic N) is 1. The van der Waals surface area contributed by atoms with Crippen molar-refractivity contribution in [2.75, 3.05) is 7.11 Å². The highest BCUT2D eigenvalue weighted by atomic mass is 19.1. The normalized spacial score (nSPS) is 15.5. The molecule has 1 aromatic heterocycles. The summed E-state index contributed by atoms with van der Waals surface area (Å²) >= 11 is 0. The Bertz CT molecular complexity index is 1340. The zero-order chi connectivity index (χ0) is 25.4. The number of halogens is 1. The Balaban J connectivity index is 1.99. The molecule has 2 heterocycles. The molecule has 0 saturated heterocycles. The van der Waals surface area contributed by atoms with Crippen molar-refractivity contribution in [1.82, 2.24) is 4.98 Å². The van der Waals surface area contributed by atoms with Crippen molar-refractivity contribution in [1.29, 1.82) is 0 Å². The van der Waals surface area contributed by atoms with Gasteiger partial charge in [0.05, 0.1) is 31.4 Å². The quantitative estimate of drug-likeness (QED) is 0.354. The third-order valence-corrected chi connectivity index (χ3v) is 6.22. The Kier molecular flexibility index (Phi) is 6.45. The summed E-state index contributed by atoms with van der Waals surface area (Å²) in [5.74, 6) is -3.91. The summed E-state index contributed by atoms with van der Waals surface area (Å²) < 4.78 is 24.7. The van der Waals surface area contributed by atoms with Gasteiger partial charge in [0.15, 0.2) is 5.78 Å². The maximum absolute atomic E-state index is 14.1. The van der Waals surface area contributed by atoms with E-state index in [-0.39, 0.29) is 41.0 Å². The summed E-state index contributed by atoms with van der Waals surface area (Å²) in [5.41, 5.74) is 1.46. The fraction of sp³-hybridized carbons (Fsp3) is 0.269. The minimum Gasteiger partial charge on any atom is -0.507 e. The van der Waals surface area contributed by atoms with Crippen LogP contribution in [0.5, 0.6) is 17.2 Å². The number of methoxy groups -OCH3 is 1. The molecule has 2 aromatic carbocycles. The average molecular weight is 481 g/mol. The second-order valence-electron chi connectivity index (χ2n) is 8.39. The third-order valence-electron chi connectivity index (χ3n) is 6.22. The maximum Gasteiger partial charge on any atom is 0.306 e. The third kappa shape index (κ3) is 4.30. The summed E-state index contributed by atoms with van der Waals surface area (Å²) in [6.45, 7) is 2.96. The Morgan fingerprint density at radius 1 is 1.20 bits per heavy atom. The van der Waals surface area contributed by atoms with E-state index in [4.69, 9.17) is 9.47 Å². The molecule has 3 aromatic rings. The van der Waals surface area contributed by atoms with E-state index < -0.39 is 41.1 Å². The number of carbonyl (C=O) groups excluding carboxylic acids is 2. The molecule has 0 saturated carbocycles. The van der Waals surface area contributed by atoms with Gasteiger partial charge in [-0.25, -0.2) is 4.39 Å². The van der Waals surface area contributed by atoms with Crippen molar-refractivity contribution >= 4 is 11.8 Å². The zero-order valence-electron chi connectivity index (χ0n) is 19.3. The molecule has 0 amide bonds.